The molecule has 0 N–H and O–H groups in total. The second-order valence-electron chi connectivity index (χ2n) is 1.95. The zero-order chi connectivity index (χ0) is 8.53. The van der Waals surface area contributed by atoms with E-state index in [0.717, 1.165) is 0 Å². The van der Waals surface area contributed by atoms with E-state index < -0.39 is 0 Å². The molecular formula is C7H16O4Pb. The van der Waals surface area contributed by atoms with Crippen LogP contribution in [0.1, 0.15) is 6.92 Å². The van der Waals surface area contributed by atoms with Crippen molar-refractivity contribution >= 4 is 33.3 Å². The summed E-state index contributed by atoms with van der Waals surface area (Å²) < 4.78 is 14.4. The Balaban J connectivity index is 0. The van der Waals surface area contributed by atoms with E-state index in [1.54, 1.807) is 7.11 Å². The molecule has 0 spiro atoms. The van der Waals surface area contributed by atoms with E-state index in [1.807, 2.05) is 0 Å². The predicted octanol–water partition coefficient (Wildman–Crippen LogP) is -0.704. The number of methoxy groups -OCH3 is 1. The normalized spacial score (nSPS) is 8.83. The molecule has 0 aliphatic rings. The van der Waals surface area contributed by atoms with Crippen molar-refractivity contribution in [2.24, 2.45) is 0 Å². The molecule has 0 unspecified atom stereocenters. The third-order valence-corrected chi connectivity index (χ3v) is 0.965. The number of hydrogen-bond acceptors (Lipinski definition) is 4. The SMILES string of the molecule is COCCOCCOC(C)=O.[PbH2]. The number of rotatable bonds is 6. The van der Waals surface area contributed by atoms with Gasteiger partial charge in [0.2, 0.25) is 0 Å². The molecule has 0 aromatic carbocycles. The van der Waals surface area contributed by atoms with Crippen molar-refractivity contribution in [3.63, 3.8) is 0 Å². The van der Waals surface area contributed by atoms with Crippen LogP contribution in [0.25, 0.3) is 0 Å². The van der Waals surface area contributed by atoms with Crippen molar-refractivity contribution in [2.75, 3.05) is 33.5 Å². The van der Waals surface area contributed by atoms with Crippen LogP contribution in [0.4, 0.5) is 0 Å². The summed E-state index contributed by atoms with van der Waals surface area (Å²) in [7, 11) is 1.61. The van der Waals surface area contributed by atoms with Crippen molar-refractivity contribution in [2.45, 2.75) is 6.92 Å². The summed E-state index contributed by atoms with van der Waals surface area (Å²) in [4.78, 5) is 10.2. The van der Waals surface area contributed by atoms with E-state index in [1.165, 1.54) is 6.92 Å². The summed E-state index contributed by atoms with van der Waals surface area (Å²) in [6.07, 6.45) is 0. The van der Waals surface area contributed by atoms with Gasteiger partial charge in [0.15, 0.2) is 0 Å². The quantitative estimate of drug-likeness (QED) is 0.352. The number of hydrogen-bond donors (Lipinski definition) is 0. The summed E-state index contributed by atoms with van der Waals surface area (Å²) in [5, 5.41) is 0. The van der Waals surface area contributed by atoms with Gasteiger partial charge in [-0.1, -0.05) is 0 Å². The first kappa shape index (κ1) is 14.8. The van der Waals surface area contributed by atoms with Crippen molar-refractivity contribution in [3.8, 4) is 0 Å². The third-order valence-electron chi connectivity index (χ3n) is 0.965. The van der Waals surface area contributed by atoms with E-state index in [2.05, 4.69) is 4.74 Å². The van der Waals surface area contributed by atoms with Gasteiger partial charge in [0.25, 0.3) is 0 Å². The van der Waals surface area contributed by atoms with Crippen LogP contribution in [0, 0.1) is 0 Å². The van der Waals surface area contributed by atoms with E-state index in [4.69, 9.17) is 9.47 Å². The predicted molar refractivity (Wildman–Crippen MR) is 47.9 cm³/mol. The molecule has 0 saturated heterocycles. The summed E-state index contributed by atoms with van der Waals surface area (Å²) in [6, 6.07) is 0. The Kier molecular flexibility index (Phi) is 14.0. The van der Waals surface area contributed by atoms with Gasteiger partial charge in [0.1, 0.15) is 6.61 Å². The fourth-order valence-corrected chi connectivity index (χ4v) is 0.489. The molecule has 72 valence electrons. The third kappa shape index (κ3) is 12.9. The molecule has 0 heterocycles. The minimum absolute atomic E-state index is 0. The van der Waals surface area contributed by atoms with E-state index in [9.17, 15) is 4.79 Å². The molecule has 0 amide bonds. The Morgan fingerprint density at radius 2 is 1.75 bits per heavy atom. The van der Waals surface area contributed by atoms with Crippen LogP contribution < -0.4 is 0 Å². The Morgan fingerprint density at radius 1 is 1.17 bits per heavy atom. The van der Waals surface area contributed by atoms with Gasteiger partial charge in [-0.05, 0) is 0 Å². The minimum atomic E-state index is -0.277. The van der Waals surface area contributed by atoms with Crippen LogP contribution in [0.2, 0.25) is 0 Å². The Bertz CT molecular complexity index is 108. The van der Waals surface area contributed by atoms with E-state index in [0.29, 0.717) is 26.4 Å². The van der Waals surface area contributed by atoms with Gasteiger partial charge in [-0.25, -0.2) is 0 Å². The van der Waals surface area contributed by atoms with Crippen LogP contribution in [-0.4, -0.2) is 66.8 Å². The first-order valence-corrected chi connectivity index (χ1v) is 3.47. The molecule has 0 aliphatic heterocycles. The average molecular weight is 371 g/mol. The number of carbonyl (C=O) groups is 1. The Morgan fingerprint density at radius 3 is 2.25 bits per heavy atom. The van der Waals surface area contributed by atoms with Crippen molar-refractivity contribution in [1.82, 2.24) is 0 Å². The Labute approximate surface area is 92.7 Å². The number of ether oxygens (including phenoxy) is 3. The number of carbonyl (C=O) groups excluding carboxylic acids is 1. The van der Waals surface area contributed by atoms with E-state index >= 15 is 0 Å². The molecule has 12 heavy (non-hydrogen) atoms. The molecule has 0 fully saturated rings. The molecule has 5 heteroatoms. The van der Waals surface area contributed by atoms with Crippen molar-refractivity contribution in [3.05, 3.63) is 0 Å². The maximum atomic E-state index is 10.2. The van der Waals surface area contributed by atoms with Gasteiger partial charge < -0.3 is 14.2 Å². The molecule has 0 aromatic rings. The molecule has 0 aromatic heterocycles. The summed E-state index contributed by atoms with van der Waals surface area (Å²) in [5.41, 5.74) is 0. The summed E-state index contributed by atoms with van der Waals surface area (Å²) >= 11 is 0. The van der Waals surface area contributed by atoms with Gasteiger partial charge >= 0.3 is 33.3 Å². The van der Waals surface area contributed by atoms with Crippen molar-refractivity contribution in [1.29, 1.82) is 0 Å². The topological polar surface area (TPSA) is 44.8 Å². The monoisotopic (exact) mass is 372 g/mol. The average Bonchev–Trinajstić information content (AvgIpc) is 1.96. The van der Waals surface area contributed by atoms with Gasteiger partial charge in [-0.2, -0.15) is 0 Å². The van der Waals surface area contributed by atoms with Gasteiger partial charge in [0, 0.05) is 14.0 Å². The molecule has 0 aliphatic carbocycles. The molecule has 0 rings (SSSR count). The second-order valence-corrected chi connectivity index (χ2v) is 1.95. The van der Waals surface area contributed by atoms with Crippen LogP contribution in [0.3, 0.4) is 0 Å². The van der Waals surface area contributed by atoms with Crippen LogP contribution in [0.5, 0.6) is 0 Å². The first-order valence-electron chi connectivity index (χ1n) is 3.47. The second kappa shape index (κ2) is 11.3. The molecule has 0 saturated carbocycles. The van der Waals surface area contributed by atoms with Crippen LogP contribution in [-0.2, 0) is 19.0 Å². The maximum absolute atomic E-state index is 10.2. The van der Waals surface area contributed by atoms with Gasteiger partial charge in [-0.15, -0.1) is 0 Å². The molecule has 0 bridgehead atoms. The van der Waals surface area contributed by atoms with Gasteiger partial charge in [0.05, 0.1) is 19.8 Å². The summed E-state index contributed by atoms with van der Waals surface area (Å²) in [6.45, 7) is 3.23. The fourth-order valence-electron chi connectivity index (χ4n) is 0.489. The molecule has 2 radical (unpaired) electrons. The standard InChI is InChI=1S/C7H14O4.Pb.2H/c1-7(8)11-6-5-10-4-3-9-2;;;/h3-6H2,1-2H3;;;. The summed E-state index contributed by atoms with van der Waals surface area (Å²) in [5.74, 6) is -0.277. The molecule has 4 nitrogen and oxygen atoms in total. The van der Waals surface area contributed by atoms with Crippen LogP contribution in [0.15, 0.2) is 0 Å². The zero-order valence-electron chi connectivity index (χ0n) is 7.67. The Hall–Kier alpha value is 0.312. The van der Waals surface area contributed by atoms with Gasteiger partial charge in [-0.3, -0.25) is 4.79 Å². The van der Waals surface area contributed by atoms with Crippen LogP contribution >= 0.6 is 0 Å². The zero-order valence-corrected chi connectivity index (χ0v) is 13.2. The van der Waals surface area contributed by atoms with Crippen molar-refractivity contribution < 1.29 is 19.0 Å². The first-order chi connectivity index (χ1) is 5.27. The molecule has 0 atom stereocenters. The number of esters is 1. The van der Waals surface area contributed by atoms with E-state index in [-0.39, 0.29) is 33.3 Å². The molecular weight excluding hydrogens is 355 g/mol. The fraction of sp³-hybridized carbons (Fsp3) is 0.857.